The summed E-state index contributed by atoms with van der Waals surface area (Å²) >= 11 is 6.01. The minimum Gasteiger partial charge on any atom is -0.337 e. The first-order valence-corrected chi connectivity index (χ1v) is 6.72. The molecule has 0 radical (unpaired) electrons. The number of aromatic nitrogens is 1. The van der Waals surface area contributed by atoms with Gasteiger partial charge < -0.3 is 10.2 Å². The van der Waals surface area contributed by atoms with Gasteiger partial charge >= 0.3 is 0 Å². The molecule has 1 aromatic rings. The molecule has 5 heteroatoms. The van der Waals surface area contributed by atoms with Gasteiger partial charge in [0.2, 0.25) is 0 Å². The first kappa shape index (κ1) is 13.3. The van der Waals surface area contributed by atoms with Crippen molar-refractivity contribution in [1.82, 2.24) is 15.2 Å². The van der Waals surface area contributed by atoms with Gasteiger partial charge in [0.1, 0.15) is 0 Å². The van der Waals surface area contributed by atoms with Crippen LogP contribution >= 0.6 is 11.6 Å². The number of hydrogen-bond acceptors (Lipinski definition) is 3. The van der Waals surface area contributed by atoms with Crippen LogP contribution in [0, 0.1) is 0 Å². The molecule has 0 aliphatic carbocycles. The summed E-state index contributed by atoms with van der Waals surface area (Å²) in [4.78, 5) is 18.1. The molecule has 1 aromatic heterocycles. The maximum atomic E-state index is 12.4. The summed E-state index contributed by atoms with van der Waals surface area (Å²) in [5.74, 6) is -0.0152. The van der Waals surface area contributed by atoms with Crippen LogP contribution in [0.4, 0.5) is 0 Å². The zero-order valence-corrected chi connectivity index (χ0v) is 11.3. The van der Waals surface area contributed by atoms with E-state index in [2.05, 4.69) is 10.3 Å². The molecular formula is C13H18ClN3O. The molecule has 0 aromatic carbocycles. The molecule has 0 bridgehead atoms. The van der Waals surface area contributed by atoms with Crippen molar-refractivity contribution in [3.63, 3.8) is 0 Å². The third-order valence-corrected chi connectivity index (χ3v) is 3.58. The third kappa shape index (κ3) is 3.00. The number of nitrogens with one attached hydrogen (secondary N) is 1. The number of rotatable bonds is 4. The number of amides is 1. The van der Waals surface area contributed by atoms with E-state index in [1.807, 2.05) is 11.8 Å². The first-order chi connectivity index (χ1) is 8.72. The first-order valence-electron chi connectivity index (χ1n) is 6.34. The van der Waals surface area contributed by atoms with Gasteiger partial charge in [0.05, 0.1) is 10.6 Å². The molecule has 2 rings (SSSR count). The predicted molar refractivity (Wildman–Crippen MR) is 71.8 cm³/mol. The SMILES string of the molecule is CCN(CC1CCCN1)C(=O)c1ccncc1Cl. The van der Waals surface area contributed by atoms with Crippen LogP contribution < -0.4 is 5.32 Å². The van der Waals surface area contributed by atoms with Gasteiger partial charge in [-0.3, -0.25) is 9.78 Å². The summed E-state index contributed by atoms with van der Waals surface area (Å²) < 4.78 is 0. The molecule has 0 spiro atoms. The summed E-state index contributed by atoms with van der Waals surface area (Å²) in [7, 11) is 0. The van der Waals surface area contributed by atoms with Crippen LogP contribution in [0.15, 0.2) is 18.5 Å². The largest absolute Gasteiger partial charge is 0.337 e. The second kappa shape index (κ2) is 6.16. The Labute approximate surface area is 112 Å². The lowest BCUT2D eigenvalue weighted by atomic mass is 10.2. The molecule has 1 fully saturated rings. The van der Waals surface area contributed by atoms with Crippen molar-refractivity contribution in [2.75, 3.05) is 19.6 Å². The Kier molecular flexibility index (Phi) is 4.55. The quantitative estimate of drug-likeness (QED) is 0.907. The molecule has 1 aliphatic rings. The normalized spacial score (nSPS) is 18.9. The maximum absolute atomic E-state index is 12.4. The fourth-order valence-corrected chi connectivity index (χ4v) is 2.45. The zero-order valence-electron chi connectivity index (χ0n) is 10.5. The van der Waals surface area contributed by atoms with Crippen molar-refractivity contribution < 1.29 is 4.79 Å². The molecule has 1 amide bonds. The molecule has 98 valence electrons. The van der Waals surface area contributed by atoms with Gasteiger partial charge in [0.15, 0.2) is 0 Å². The predicted octanol–water partition coefficient (Wildman–Crippen LogP) is 1.95. The fourth-order valence-electron chi connectivity index (χ4n) is 2.25. The van der Waals surface area contributed by atoms with Gasteiger partial charge in [-0.05, 0) is 32.4 Å². The Morgan fingerprint density at radius 3 is 3.11 bits per heavy atom. The zero-order chi connectivity index (χ0) is 13.0. The smallest absolute Gasteiger partial charge is 0.255 e. The second-order valence-electron chi connectivity index (χ2n) is 4.49. The highest BCUT2D eigenvalue weighted by atomic mass is 35.5. The minimum absolute atomic E-state index is 0.0152. The van der Waals surface area contributed by atoms with Crippen LogP contribution in [0.1, 0.15) is 30.1 Å². The van der Waals surface area contributed by atoms with Crippen molar-refractivity contribution >= 4 is 17.5 Å². The summed E-state index contributed by atoms with van der Waals surface area (Å²) in [6.07, 6.45) is 5.43. The molecule has 1 N–H and O–H groups in total. The Bertz CT molecular complexity index is 418. The molecule has 18 heavy (non-hydrogen) atoms. The third-order valence-electron chi connectivity index (χ3n) is 3.27. The van der Waals surface area contributed by atoms with Crippen molar-refractivity contribution in [2.45, 2.75) is 25.8 Å². The van der Waals surface area contributed by atoms with Crippen LogP contribution in [-0.2, 0) is 0 Å². The van der Waals surface area contributed by atoms with E-state index in [0.29, 0.717) is 23.2 Å². The molecule has 1 aliphatic heterocycles. The highest BCUT2D eigenvalue weighted by Gasteiger charge is 2.22. The van der Waals surface area contributed by atoms with Gasteiger partial charge in [0, 0.05) is 31.5 Å². The minimum atomic E-state index is -0.0152. The molecule has 1 unspecified atom stereocenters. The summed E-state index contributed by atoms with van der Waals surface area (Å²) in [5.41, 5.74) is 0.534. The van der Waals surface area contributed by atoms with Crippen LogP contribution in [0.5, 0.6) is 0 Å². The van der Waals surface area contributed by atoms with Crippen molar-refractivity contribution in [3.05, 3.63) is 29.0 Å². The van der Waals surface area contributed by atoms with Crippen LogP contribution in [0.25, 0.3) is 0 Å². The number of likely N-dealkylation sites (N-methyl/N-ethyl adjacent to an activating group) is 1. The van der Waals surface area contributed by atoms with E-state index in [1.54, 1.807) is 12.3 Å². The number of nitrogens with zero attached hydrogens (tertiary/aromatic N) is 2. The summed E-state index contributed by atoms with van der Waals surface area (Å²) in [5, 5.41) is 3.82. The lowest BCUT2D eigenvalue weighted by Gasteiger charge is -2.24. The van der Waals surface area contributed by atoms with Crippen LogP contribution in [-0.4, -0.2) is 41.5 Å². The highest BCUT2D eigenvalue weighted by Crippen LogP contribution is 2.17. The fraction of sp³-hybridized carbons (Fsp3) is 0.538. The summed E-state index contributed by atoms with van der Waals surface area (Å²) in [6, 6.07) is 2.09. The molecular weight excluding hydrogens is 250 g/mol. The number of pyridine rings is 1. The van der Waals surface area contributed by atoms with E-state index < -0.39 is 0 Å². The maximum Gasteiger partial charge on any atom is 0.255 e. The standard InChI is InChI=1S/C13H18ClN3O/c1-2-17(9-10-4-3-6-16-10)13(18)11-5-7-15-8-12(11)14/h5,7-8,10,16H,2-4,6,9H2,1H3. The van der Waals surface area contributed by atoms with Gasteiger partial charge in [0.25, 0.3) is 5.91 Å². The number of carbonyl (C=O) groups is 1. The van der Waals surface area contributed by atoms with Gasteiger partial charge in [-0.15, -0.1) is 0 Å². The van der Waals surface area contributed by atoms with Crippen LogP contribution in [0.3, 0.4) is 0 Å². The Balaban J connectivity index is 2.07. The average molecular weight is 268 g/mol. The Morgan fingerprint density at radius 2 is 2.50 bits per heavy atom. The van der Waals surface area contributed by atoms with E-state index in [1.165, 1.54) is 12.6 Å². The Morgan fingerprint density at radius 1 is 1.67 bits per heavy atom. The molecule has 2 heterocycles. The van der Waals surface area contributed by atoms with E-state index in [4.69, 9.17) is 11.6 Å². The van der Waals surface area contributed by atoms with Gasteiger partial charge in [-0.2, -0.15) is 0 Å². The lowest BCUT2D eigenvalue weighted by molar-refractivity contribution is 0.0751. The van der Waals surface area contributed by atoms with E-state index in [0.717, 1.165) is 19.5 Å². The van der Waals surface area contributed by atoms with Gasteiger partial charge in [-0.25, -0.2) is 0 Å². The lowest BCUT2D eigenvalue weighted by Crippen LogP contribution is -2.41. The highest BCUT2D eigenvalue weighted by molar-refractivity contribution is 6.33. The number of carbonyl (C=O) groups excluding carboxylic acids is 1. The van der Waals surface area contributed by atoms with Gasteiger partial charge in [-0.1, -0.05) is 11.6 Å². The van der Waals surface area contributed by atoms with E-state index in [-0.39, 0.29) is 5.91 Å². The van der Waals surface area contributed by atoms with Crippen molar-refractivity contribution in [1.29, 1.82) is 0 Å². The topological polar surface area (TPSA) is 45.2 Å². The number of hydrogen-bond donors (Lipinski definition) is 1. The Hall–Kier alpha value is -1.13. The molecule has 0 saturated carbocycles. The molecule has 1 atom stereocenters. The molecule has 4 nitrogen and oxygen atoms in total. The van der Waals surface area contributed by atoms with Crippen molar-refractivity contribution in [2.24, 2.45) is 0 Å². The monoisotopic (exact) mass is 267 g/mol. The van der Waals surface area contributed by atoms with E-state index >= 15 is 0 Å². The summed E-state index contributed by atoms with van der Waals surface area (Å²) in [6.45, 7) is 4.47. The van der Waals surface area contributed by atoms with Crippen molar-refractivity contribution in [3.8, 4) is 0 Å². The number of halogens is 1. The van der Waals surface area contributed by atoms with Crippen LogP contribution in [0.2, 0.25) is 5.02 Å². The molecule has 1 saturated heterocycles. The average Bonchev–Trinajstić information content (AvgIpc) is 2.88. The second-order valence-corrected chi connectivity index (χ2v) is 4.90. The van der Waals surface area contributed by atoms with E-state index in [9.17, 15) is 4.79 Å².